The number of benzene rings is 1. The van der Waals surface area contributed by atoms with E-state index in [1.807, 2.05) is 12.1 Å². The predicted molar refractivity (Wildman–Crippen MR) is 77.7 cm³/mol. The van der Waals surface area contributed by atoms with E-state index < -0.39 is 0 Å². The number of nitrogens with one attached hydrogen (secondary N) is 1. The summed E-state index contributed by atoms with van der Waals surface area (Å²) in [6, 6.07) is 5.94. The van der Waals surface area contributed by atoms with Gasteiger partial charge in [-0.1, -0.05) is 39.7 Å². The molecule has 4 heteroatoms. The van der Waals surface area contributed by atoms with Crippen molar-refractivity contribution in [2.45, 2.75) is 57.9 Å². The SMILES string of the molecule is CC(C)(C)c1ccc(NC2CCCC2)c([N+](=O)[O-])c1. The molecule has 1 aromatic carbocycles. The number of hydrogen-bond acceptors (Lipinski definition) is 3. The number of hydrogen-bond donors (Lipinski definition) is 1. The van der Waals surface area contributed by atoms with Crippen LogP contribution in [0, 0.1) is 10.1 Å². The summed E-state index contributed by atoms with van der Waals surface area (Å²) in [5.74, 6) is 0. The van der Waals surface area contributed by atoms with Crippen LogP contribution in [0.5, 0.6) is 0 Å². The molecule has 1 aliphatic rings. The Morgan fingerprint density at radius 3 is 2.42 bits per heavy atom. The van der Waals surface area contributed by atoms with Gasteiger partial charge >= 0.3 is 0 Å². The molecule has 1 N–H and O–H groups in total. The molecule has 104 valence electrons. The third-order valence-electron chi connectivity index (χ3n) is 3.78. The second-order valence-electron chi connectivity index (χ2n) is 6.36. The van der Waals surface area contributed by atoms with Crippen molar-refractivity contribution in [2.75, 3.05) is 5.32 Å². The van der Waals surface area contributed by atoms with Gasteiger partial charge in [0.1, 0.15) is 5.69 Å². The zero-order valence-corrected chi connectivity index (χ0v) is 11.9. The molecule has 0 atom stereocenters. The number of nitrogens with zero attached hydrogens (tertiary/aromatic N) is 1. The van der Waals surface area contributed by atoms with E-state index in [4.69, 9.17) is 0 Å². The zero-order chi connectivity index (χ0) is 14.0. The number of nitro groups is 1. The summed E-state index contributed by atoms with van der Waals surface area (Å²) in [5, 5.41) is 14.6. The summed E-state index contributed by atoms with van der Waals surface area (Å²) in [6.07, 6.45) is 4.65. The fraction of sp³-hybridized carbons (Fsp3) is 0.600. The fourth-order valence-corrected chi connectivity index (χ4v) is 2.56. The number of nitro benzene ring substituents is 1. The summed E-state index contributed by atoms with van der Waals surface area (Å²) in [6.45, 7) is 6.20. The minimum atomic E-state index is -0.285. The van der Waals surface area contributed by atoms with E-state index in [9.17, 15) is 10.1 Å². The summed E-state index contributed by atoms with van der Waals surface area (Å²) in [5.41, 5.74) is 1.77. The Morgan fingerprint density at radius 2 is 1.89 bits per heavy atom. The van der Waals surface area contributed by atoms with Crippen LogP contribution in [0.15, 0.2) is 18.2 Å². The van der Waals surface area contributed by atoms with E-state index in [1.165, 1.54) is 12.8 Å². The van der Waals surface area contributed by atoms with E-state index >= 15 is 0 Å². The van der Waals surface area contributed by atoms with Gasteiger partial charge in [-0.05, 0) is 29.9 Å². The molecule has 1 saturated carbocycles. The smallest absolute Gasteiger partial charge is 0.292 e. The normalized spacial score (nSPS) is 16.6. The van der Waals surface area contributed by atoms with Crippen molar-refractivity contribution in [1.82, 2.24) is 0 Å². The molecule has 0 radical (unpaired) electrons. The lowest BCUT2D eigenvalue weighted by Crippen LogP contribution is -2.17. The maximum atomic E-state index is 11.2. The lowest BCUT2D eigenvalue weighted by Gasteiger charge is -2.20. The van der Waals surface area contributed by atoms with Gasteiger partial charge in [0.25, 0.3) is 5.69 Å². The highest BCUT2D eigenvalue weighted by Crippen LogP contribution is 2.33. The molecule has 4 nitrogen and oxygen atoms in total. The monoisotopic (exact) mass is 262 g/mol. The van der Waals surface area contributed by atoms with E-state index in [0.29, 0.717) is 11.7 Å². The van der Waals surface area contributed by atoms with Crippen LogP contribution in [0.3, 0.4) is 0 Å². The van der Waals surface area contributed by atoms with Crippen molar-refractivity contribution in [2.24, 2.45) is 0 Å². The van der Waals surface area contributed by atoms with Gasteiger partial charge in [0, 0.05) is 12.1 Å². The van der Waals surface area contributed by atoms with Crippen LogP contribution in [-0.2, 0) is 5.41 Å². The molecule has 2 rings (SSSR count). The highest BCUT2D eigenvalue weighted by molar-refractivity contribution is 5.63. The first-order valence-corrected chi connectivity index (χ1v) is 6.93. The molecule has 1 aromatic rings. The Bertz CT molecular complexity index is 472. The predicted octanol–water partition coefficient (Wildman–Crippen LogP) is 4.25. The summed E-state index contributed by atoms with van der Waals surface area (Å²) in [7, 11) is 0. The highest BCUT2D eigenvalue weighted by Gasteiger charge is 2.23. The topological polar surface area (TPSA) is 55.2 Å². The van der Waals surface area contributed by atoms with Gasteiger partial charge in [0.2, 0.25) is 0 Å². The van der Waals surface area contributed by atoms with Crippen LogP contribution in [-0.4, -0.2) is 11.0 Å². The molecule has 0 spiro atoms. The standard InChI is InChI=1S/C15H22N2O2/c1-15(2,3)11-8-9-13(14(10-11)17(18)19)16-12-6-4-5-7-12/h8-10,12,16H,4-7H2,1-3H3. The first-order valence-electron chi connectivity index (χ1n) is 6.93. The first kappa shape index (κ1) is 13.8. The third kappa shape index (κ3) is 3.25. The maximum absolute atomic E-state index is 11.2. The van der Waals surface area contributed by atoms with E-state index in [0.717, 1.165) is 18.4 Å². The molecule has 0 aromatic heterocycles. The van der Waals surface area contributed by atoms with Gasteiger partial charge in [-0.2, -0.15) is 0 Å². The summed E-state index contributed by atoms with van der Waals surface area (Å²) < 4.78 is 0. The highest BCUT2D eigenvalue weighted by atomic mass is 16.6. The largest absolute Gasteiger partial charge is 0.377 e. The molecule has 0 amide bonds. The third-order valence-corrected chi connectivity index (χ3v) is 3.78. The van der Waals surface area contributed by atoms with Crippen LogP contribution in [0.1, 0.15) is 52.0 Å². The maximum Gasteiger partial charge on any atom is 0.292 e. The lowest BCUT2D eigenvalue weighted by molar-refractivity contribution is -0.384. The van der Waals surface area contributed by atoms with Crippen LogP contribution < -0.4 is 5.32 Å². The van der Waals surface area contributed by atoms with Gasteiger partial charge in [-0.15, -0.1) is 0 Å². The van der Waals surface area contributed by atoms with Gasteiger partial charge < -0.3 is 5.32 Å². The molecule has 0 aliphatic heterocycles. The van der Waals surface area contributed by atoms with Gasteiger partial charge in [0.15, 0.2) is 0 Å². The molecule has 0 heterocycles. The average molecular weight is 262 g/mol. The van der Waals surface area contributed by atoms with E-state index in [2.05, 4.69) is 26.1 Å². The summed E-state index contributed by atoms with van der Waals surface area (Å²) >= 11 is 0. The second-order valence-corrected chi connectivity index (χ2v) is 6.36. The second kappa shape index (κ2) is 5.19. The van der Waals surface area contributed by atoms with Crippen molar-refractivity contribution in [3.05, 3.63) is 33.9 Å². The Morgan fingerprint density at radius 1 is 1.26 bits per heavy atom. The Kier molecular flexibility index (Phi) is 3.78. The van der Waals surface area contributed by atoms with E-state index in [1.54, 1.807) is 6.07 Å². The molecular formula is C15H22N2O2. The molecule has 0 bridgehead atoms. The Labute approximate surface area is 114 Å². The summed E-state index contributed by atoms with van der Waals surface area (Å²) in [4.78, 5) is 11.0. The van der Waals surface area contributed by atoms with Gasteiger partial charge in [-0.25, -0.2) is 0 Å². The lowest BCUT2D eigenvalue weighted by atomic mass is 9.86. The quantitative estimate of drug-likeness (QED) is 0.654. The van der Waals surface area contributed by atoms with Crippen molar-refractivity contribution < 1.29 is 4.92 Å². The Hall–Kier alpha value is -1.58. The van der Waals surface area contributed by atoms with Gasteiger partial charge in [0.05, 0.1) is 4.92 Å². The Balaban J connectivity index is 2.29. The molecule has 0 saturated heterocycles. The first-order chi connectivity index (χ1) is 8.88. The average Bonchev–Trinajstić information content (AvgIpc) is 2.80. The van der Waals surface area contributed by atoms with Crippen LogP contribution in [0.25, 0.3) is 0 Å². The molecule has 1 fully saturated rings. The number of rotatable bonds is 3. The van der Waals surface area contributed by atoms with Crippen LogP contribution in [0.2, 0.25) is 0 Å². The van der Waals surface area contributed by atoms with Crippen LogP contribution in [0.4, 0.5) is 11.4 Å². The minimum Gasteiger partial charge on any atom is -0.377 e. The zero-order valence-electron chi connectivity index (χ0n) is 11.9. The van der Waals surface area contributed by atoms with Crippen molar-refractivity contribution in [3.8, 4) is 0 Å². The minimum absolute atomic E-state index is 0.0728. The molecular weight excluding hydrogens is 240 g/mol. The van der Waals surface area contributed by atoms with Crippen LogP contribution >= 0.6 is 0 Å². The van der Waals surface area contributed by atoms with Gasteiger partial charge in [-0.3, -0.25) is 10.1 Å². The molecule has 19 heavy (non-hydrogen) atoms. The number of anilines is 1. The van der Waals surface area contributed by atoms with Crippen molar-refractivity contribution in [3.63, 3.8) is 0 Å². The molecule has 0 unspecified atom stereocenters. The van der Waals surface area contributed by atoms with E-state index in [-0.39, 0.29) is 16.0 Å². The van der Waals surface area contributed by atoms with Crippen molar-refractivity contribution in [1.29, 1.82) is 0 Å². The fourth-order valence-electron chi connectivity index (χ4n) is 2.56. The van der Waals surface area contributed by atoms with Crippen molar-refractivity contribution >= 4 is 11.4 Å². The molecule has 1 aliphatic carbocycles.